The van der Waals surface area contributed by atoms with Gasteiger partial charge in [0.05, 0.1) is 73.6 Å². The highest BCUT2D eigenvalue weighted by atomic mass is 16.6. The Bertz CT molecular complexity index is 1080. The fourth-order valence-electron chi connectivity index (χ4n) is 10.2. The smallest absolute Gasteiger partial charge is 0.226 e. The summed E-state index contributed by atoms with van der Waals surface area (Å²) in [5, 5.41) is 18.4. The number of methoxy groups -OCH3 is 7. The van der Waals surface area contributed by atoms with Crippen LogP contribution in [0.3, 0.4) is 0 Å². The van der Waals surface area contributed by atoms with E-state index in [-0.39, 0.29) is 109 Å². The second-order valence-corrected chi connectivity index (χ2v) is 16.4. The minimum absolute atomic E-state index is 0.00845. The molecule has 4 aliphatic carbocycles. The van der Waals surface area contributed by atoms with Crippen LogP contribution in [0, 0.1) is 23.7 Å². The molecule has 1 amide bonds. The molecule has 5 aliphatic rings. The van der Waals surface area contributed by atoms with Crippen LogP contribution in [0.5, 0.6) is 0 Å². The highest BCUT2D eigenvalue weighted by Crippen LogP contribution is 2.38. The first kappa shape index (κ1) is 43.1. The van der Waals surface area contributed by atoms with E-state index in [2.05, 4.69) is 10.6 Å². The second kappa shape index (κ2) is 20.4. The zero-order valence-electron chi connectivity index (χ0n) is 33.5. The quantitative estimate of drug-likeness (QED) is 0.171. The van der Waals surface area contributed by atoms with Gasteiger partial charge in [0.2, 0.25) is 5.91 Å². The number of ether oxygens (including phenoxy) is 9. The Labute approximate surface area is 317 Å². The van der Waals surface area contributed by atoms with Crippen LogP contribution in [0.1, 0.15) is 77.6 Å². The third kappa shape index (κ3) is 10.5. The number of carbonyl (C=O) groups is 1. The van der Waals surface area contributed by atoms with Crippen molar-refractivity contribution in [2.24, 2.45) is 29.4 Å². The lowest BCUT2D eigenvalue weighted by Crippen LogP contribution is -2.66. The maximum Gasteiger partial charge on any atom is 0.226 e. The lowest BCUT2D eigenvalue weighted by atomic mass is 9.74. The van der Waals surface area contributed by atoms with E-state index in [1.807, 2.05) is 6.92 Å². The van der Waals surface area contributed by atoms with E-state index < -0.39 is 6.10 Å². The van der Waals surface area contributed by atoms with Crippen LogP contribution in [-0.4, -0.2) is 153 Å². The molecule has 5 fully saturated rings. The number of aliphatic hydroxyl groups is 1. The van der Waals surface area contributed by atoms with Crippen molar-refractivity contribution in [1.82, 2.24) is 10.6 Å². The monoisotopic (exact) mass is 758 g/mol. The van der Waals surface area contributed by atoms with Gasteiger partial charge < -0.3 is 58.8 Å². The number of hydrogen-bond acceptors (Lipinski definition) is 13. The van der Waals surface area contributed by atoms with Crippen molar-refractivity contribution in [1.29, 1.82) is 0 Å². The van der Waals surface area contributed by atoms with Gasteiger partial charge in [-0.2, -0.15) is 0 Å². The van der Waals surface area contributed by atoms with Gasteiger partial charge >= 0.3 is 0 Å². The third-order valence-corrected chi connectivity index (χ3v) is 13.4. The summed E-state index contributed by atoms with van der Waals surface area (Å²) in [4.78, 5) is 13.1. The van der Waals surface area contributed by atoms with Gasteiger partial charge in [0.15, 0.2) is 0 Å². The first-order valence-corrected chi connectivity index (χ1v) is 20.0. The van der Waals surface area contributed by atoms with Crippen LogP contribution in [0.25, 0.3) is 0 Å². The Morgan fingerprint density at radius 3 is 1.89 bits per heavy atom. The normalized spacial score (nSPS) is 42.7. The van der Waals surface area contributed by atoms with Crippen molar-refractivity contribution in [3.8, 4) is 0 Å². The number of carbonyl (C=O) groups excluding carboxylic acids is 1. The Morgan fingerprint density at radius 1 is 0.698 bits per heavy atom. The van der Waals surface area contributed by atoms with Gasteiger partial charge in [0.25, 0.3) is 0 Å². The summed E-state index contributed by atoms with van der Waals surface area (Å²) in [5.74, 6) is 0.445. The molecule has 0 aromatic heterocycles. The summed E-state index contributed by atoms with van der Waals surface area (Å²) in [6.45, 7) is 2.43. The Hall–Kier alpha value is -1.01. The highest BCUT2D eigenvalue weighted by molar-refractivity contribution is 5.80. The number of nitrogens with two attached hydrogens (primary N) is 1. The van der Waals surface area contributed by atoms with Crippen LogP contribution >= 0.6 is 0 Å². The molecule has 14 heteroatoms. The van der Waals surface area contributed by atoms with Crippen LogP contribution < -0.4 is 16.4 Å². The fourth-order valence-corrected chi connectivity index (χ4v) is 10.2. The largest absolute Gasteiger partial charge is 0.393 e. The van der Waals surface area contributed by atoms with Gasteiger partial charge in [-0.25, -0.2) is 0 Å². The first-order valence-electron chi connectivity index (χ1n) is 20.0. The van der Waals surface area contributed by atoms with Crippen LogP contribution in [0.15, 0.2) is 0 Å². The number of hydrogen-bond donors (Lipinski definition) is 4. The van der Waals surface area contributed by atoms with Gasteiger partial charge in [-0.3, -0.25) is 10.1 Å². The predicted octanol–water partition coefficient (Wildman–Crippen LogP) is 2.16. The summed E-state index contributed by atoms with van der Waals surface area (Å²) in [7, 11) is 11.9. The average Bonchev–Trinajstić information content (AvgIpc) is 3.18. The van der Waals surface area contributed by atoms with E-state index in [1.54, 1.807) is 49.8 Å². The Balaban J connectivity index is 1.09. The molecule has 53 heavy (non-hydrogen) atoms. The van der Waals surface area contributed by atoms with Crippen molar-refractivity contribution in [2.45, 2.75) is 163 Å². The van der Waals surface area contributed by atoms with E-state index in [9.17, 15) is 9.90 Å². The fraction of sp³-hybridized carbons (Fsp3) is 0.974. The number of nitrogens with one attached hydrogen (secondary N) is 2. The molecule has 14 nitrogen and oxygen atoms in total. The first-order chi connectivity index (χ1) is 25.6. The van der Waals surface area contributed by atoms with Crippen LogP contribution in [0.4, 0.5) is 0 Å². The SMILES string of the molecule is COC1CCC2NC(C3CCC(OCC(C)OC4C(OC)CC(C(N)CC(O)C5CC(OC)C(OC)C(OC)C5)CC4OC)C(OC)C3)NC(=O)C2C1. The molecule has 0 aromatic rings. The molecular weight excluding hydrogens is 686 g/mol. The van der Waals surface area contributed by atoms with E-state index in [0.717, 1.165) is 38.5 Å². The molecule has 0 aromatic carbocycles. The summed E-state index contributed by atoms with van der Waals surface area (Å²) in [6, 6.07) is -0.0495. The highest BCUT2D eigenvalue weighted by Gasteiger charge is 2.46. The van der Waals surface area contributed by atoms with Gasteiger partial charge in [-0.05, 0) is 95.3 Å². The molecule has 0 bridgehead atoms. The van der Waals surface area contributed by atoms with Gasteiger partial charge in [0.1, 0.15) is 12.2 Å². The van der Waals surface area contributed by atoms with E-state index >= 15 is 0 Å². The van der Waals surface area contributed by atoms with Crippen molar-refractivity contribution in [2.75, 3.05) is 56.4 Å². The van der Waals surface area contributed by atoms with Gasteiger partial charge in [0, 0.05) is 61.9 Å². The summed E-state index contributed by atoms with van der Waals surface area (Å²) < 4.78 is 53.7. The van der Waals surface area contributed by atoms with Gasteiger partial charge in [-0.15, -0.1) is 0 Å². The Kier molecular flexibility index (Phi) is 16.6. The summed E-state index contributed by atoms with van der Waals surface area (Å²) in [5.41, 5.74) is 6.82. The van der Waals surface area contributed by atoms with E-state index in [0.29, 0.717) is 38.7 Å². The maximum atomic E-state index is 13.1. The molecule has 5 rings (SSSR count). The summed E-state index contributed by atoms with van der Waals surface area (Å²) >= 11 is 0. The zero-order chi connectivity index (χ0) is 38.2. The molecule has 4 saturated carbocycles. The molecule has 14 atom stereocenters. The minimum Gasteiger partial charge on any atom is -0.393 e. The molecule has 308 valence electrons. The van der Waals surface area contributed by atoms with E-state index in [4.69, 9.17) is 48.4 Å². The molecule has 1 aliphatic heterocycles. The predicted molar refractivity (Wildman–Crippen MR) is 197 cm³/mol. The summed E-state index contributed by atoms with van der Waals surface area (Å²) in [6.07, 6.45) is 6.45. The topological polar surface area (TPSA) is 170 Å². The van der Waals surface area contributed by atoms with Crippen molar-refractivity contribution >= 4 is 5.91 Å². The van der Waals surface area contributed by atoms with Crippen LogP contribution in [0.2, 0.25) is 0 Å². The number of aliphatic hydroxyl groups excluding tert-OH is 1. The third-order valence-electron chi connectivity index (χ3n) is 13.4. The number of amides is 1. The average molecular weight is 758 g/mol. The Morgan fingerprint density at radius 2 is 1.30 bits per heavy atom. The number of rotatable bonds is 17. The molecule has 0 radical (unpaired) electrons. The molecular formula is C39H71N3O11. The zero-order valence-corrected chi connectivity index (χ0v) is 33.5. The van der Waals surface area contributed by atoms with Crippen molar-refractivity contribution < 1.29 is 52.5 Å². The van der Waals surface area contributed by atoms with Crippen LogP contribution in [-0.2, 0) is 47.4 Å². The molecule has 1 heterocycles. The standard InChI is InChI=1S/C39H71N3O11/c1-21(20-52-30-12-9-22(13-31(30)46-3)38-41-28-11-10-25(45-2)18-26(28)39(44)42-38)53-37-34(49-6)14-23(15-35(37)50-7)27(40)19-29(43)24-16-32(47-4)36(51-8)33(17-24)48-5/h21-38,41,43H,9-20,40H2,1-8H3,(H,42,44). The molecule has 5 N–H and O–H groups in total. The molecule has 0 spiro atoms. The number of fused-ring (bicyclic) bond motifs is 1. The lowest BCUT2D eigenvalue weighted by molar-refractivity contribution is -0.188. The van der Waals surface area contributed by atoms with Crippen molar-refractivity contribution in [3.63, 3.8) is 0 Å². The second-order valence-electron chi connectivity index (χ2n) is 16.4. The lowest BCUT2D eigenvalue weighted by Gasteiger charge is -2.46. The van der Waals surface area contributed by atoms with Crippen molar-refractivity contribution in [3.05, 3.63) is 0 Å². The molecule has 1 saturated heterocycles. The molecule has 14 unspecified atom stereocenters. The maximum absolute atomic E-state index is 13.1. The minimum atomic E-state index is -0.594. The van der Waals surface area contributed by atoms with E-state index in [1.165, 1.54) is 0 Å². The van der Waals surface area contributed by atoms with Gasteiger partial charge in [-0.1, -0.05) is 0 Å².